The number of anilines is 1. The van der Waals surface area contributed by atoms with E-state index in [1.54, 1.807) is 11.3 Å². The van der Waals surface area contributed by atoms with Crippen LogP contribution < -0.4 is 4.90 Å². The summed E-state index contributed by atoms with van der Waals surface area (Å²) in [5, 5.41) is 1.59. The molecule has 0 radical (unpaired) electrons. The summed E-state index contributed by atoms with van der Waals surface area (Å²) in [6.07, 6.45) is 0. The number of aromatic nitrogens is 1. The number of hydrogen-bond donors (Lipinski definition) is 0. The van der Waals surface area contributed by atoms with E-state index in [9.17, 15) is 0 Å². The summed E-state index contributed by atoms with van der Waals surface area (Å²) in [5.74, 6) is 0. The van der Waals surface area contributed by atoms with Gasteiger partial charge in [-0.05, 0) is 18.6 Å². The van der Waals surface area contributed by atoms with Gasteiger partial charge in [-0.25, -0.2) is 4.98 Å². The molecule has 2 aromatic rings. The van der Waals surface area contributed by atoms with Gasteiger partial charge in [0.15, 0.2) is 0 Å². The van der Waals surface area contributed by atoms with Crippen LogP contribution >= 0.6 is 38.9 Å². The monoisotopic (exact) mass is 344 g/mol. The van der Waals surface area contributed by atoms with Crippen LogP contribution in [0.5, 0.6) is 0 Å². The molecule has 0 saturated heterocycles. The van der Waals surface area contributed by atoms with E-state index in [2.05, 4.69) is 38.9 Å². The van der Waals surface area contributed by atoms with Crippen molar-refractivity contribution in [2.75, 3.05) is 11.9 Å². The molecule has 0 aliphatic rings. The maximum atomic E-state index is 6.31. The number of benzene rings is 1. The van der Waals surface area contributed by atoms with Crippen LogP contribution in [0.4, 0.5) is 5.69 Å². The molecule has 0 N–H and O–H groups in total. The van der Waals surface area contributed by atoms with E-state index in [0.717, 1.165) is 28.3 Å². The molecule has 18 heavy (non-hydrogen) atoms. The largest absolute Gasteiger partial charge is 0.368 e. The van der Waals surface area contributed by atoms with Crippen LogP contribution in [0.25, 0.3) is 0 Å². The lowest BCUT2D eigenvalue weighted by Crippen LogP contribution is -2.18. The minimum Gasteiger partial charge on any atom is -0.368 e. The quantitative estimate of drug-likeness (QED) is 0.751. The van der Waals surface area contributed by atoms with Crippen molar-refractivity contribution in [3.05, 3.63) is 44.9 Å². The Hall–Kier alpha value is -0.580. The molecule has 0 bridgehead atoms. The number of thiazole rings is 1. The highest BCUT2D eigenvalue weighted by molar-refractivity contribution is 9.08. The molecule has 0 fully saturated rings. The highest BCUT2D eigenvalue weighted by atomic mass is 79.9. The Morgan fingerprint density at radius 3 is 2.83 bits per heavy atom. The topological polar surface area (TPSA) is 16.1 Å². The fourth-order valence-electron chi connectivity index (χ4n) is 1.87. The molecule has 0 saturated carbocycles. The van der Waals surface area contributed by atoms with Gasteiger partial charge in [-0.1, -0.05) is 39.7 Å². The zero-order valence-electron chi connectivity index (χ0n) is 10.3. The van der Waals surface area contributed by atoms with Crippen molar-refractivity contribution in [1.29, 1.82) is 0 Å². The van der Waals surface area contributed by atoms with Gasteiger partial charge in [0.25, 0.3) is 0 Å². The summed E-state index contributed by atoms with van der Waals surface area (Å²) in [5.41, 5.74) is 5.27. The molecule has 1 aromatic carbocycles. The number of aryl methyl sites for hydroxylation is 1. The number of nitrogens with zero attached hydrogens (tertiary/aromatic N) is 2. The molecule has 1 aromatic heterocycles. The second-order valence-electron chi connectivity index (χ2n) is 4.10. The molecule has 5 heteroatoms. The number of para-hydroxylation sites is 1. The van der Waals surface area contributed by atoms with Crippen LogP contribution in [-0.2, 0) is 11.9 Å². The first-order chi connectivity index (χ1) is 8.63. The summed E-state index contributed by atoms with van der Waals surface area (Å²) in [7, 11) is 2.06. The van der Waals surface area contributed by atoms with Crippen molar-refractivity contribution in [3.63, 3.8) is 0 Å². The minimum atomic E-state index is 0.789. The van der Waals surface area contributed by atoms with Gasteiger partial charge in [0.05, 0.1) is 28.5 Å². The van der Waals surface area contributed by atoms with Crippen LogP contribution in [0.2, 0.25) is 5.02 Å². The lowest BCUT2D eigenvalue weighted by atomic mass is 10.2. The molecule has 0 spiro atoms. The third-order valence-electron chi connectivity index (χ3n) is 2.82. The predicted molar refractivity (Wildman–Crippen MR) is 83.0 cm³/mol. The average Bonchev–Trinajstić information content (AvgIpc) is 2.74. The molecule has 2 nitrogen and oxygen atoms in total. The number of halogens is 2. The Labute approximate surface area is 125 Å². The number of rotatable bonds is 4. The van der Waals surface area contributed by atoms with Gasteiger partial charge in [-0.3, -0.25) is 0 Å². The van der Waals surface area contributed by atoms with Crippen molar-refractivity contribution >= 4 is 44.6 Å². The standard InChI is InChI=1S/C13H14BrClN2S/c1-9-12(18-8-16-9)7-17(2)13-10(6-14)4-3-5-11(13)15/h3-5,8H,6-7H2,1-2H3. The Morgan fingerprint density at radius 2 is 2.22 bits per heavy atom. The van der Waals surface area contributed by atoms with Gasteiger partial charge in [0.1, 0.15) is 0 Å². The summed E-state index contributed by atoms with van der Waals surface area (Å²) >= 11 is 11.5. The molecule has 0 aliphatic carbocycles. The predicted octanol–water partition coefficient (Wildman–Crippen LogP) is 4.64. The molecular weight excluding hydrogens is 332 g/mol. The van der Waals surface area contributed by atoms with Crippen molar-refractivity contribution in [3.8, 4) is 0 Å². The second kappa shape index (κ2) is 6.04. The number of hydrogen-bond acceptors (Lipinski definition) is 3. The molecule has 1 heterocycles. The van der Waals surface area contributed by atoms with Crippen molar-refractivity contribution < 1.29 is 0 Å². The van der Waals surface area contributed by atoms with Crippen molar-refractivity contribution in [1.82, 2.24) is 4.98 Å². The van der Waals surface area contributed by atoms with Gasteiger partial charge >= 0.3 is 0 Å². The Balaban J connectivity index is 2.29. The van der Waals surface area contributed by atoms with E-state index in [1.165, 1.54) is 10.4 Å². The SMILES string of the molecule is Cc1ncsc1CN(C)c1c(Cl)cccc1CBr. The Morgan fingerprint density at radius 1 is 1.44 bits per heavy atom. The lowest BCUT2D eigenvalue weighted by Gasteiger charge is -2.22. The summed E-state index contributed by atoms with van der Waals surface area (Å²) in [4.78, 5) is 7.73. The van der Waals surface area contributed by atoms with E-state index in [1.807, 2.05) is 24.6 Å². The van der Waals surface area contributed by atoms with Gasteiger partial charge in [0.2, 0.25) is 0 Å². The van der Waals surface area contributed by atoms with Crippen LogP contribution in [-0.4, -0.2) is 12.0 Å². The summed E-state index contributed by atoms with van der Waals surface area (Å²) in [6.45, 7) is 2.87. The fraction of sp³-hybridized carbons (Fsp3) is 0.308. The fourth-order valence-corrected chi connectivity index (χ4v) is 3.49. The van der Waals surface area contributed by atoms with Gasteiger partial charge < -0.3 is 4.90 Å². The summed E-state index contributed by atoms with van der Waals surface area (Å²) in [6, 6.07) is 6.00. The maximum absolute atomic E-state index is 6.31. The zero-order chi connectivity index (χ0) is 13.1. The van der Waals surface area contributed by atoms with Crippen LogP contribution in [0.3, 0.4) is 0 Å². The van der Waals surface area contributed by atoms with Gasteiger partial charge in [-0.15, -0.1) is 11.3 Å². The highest BCUT2D eigenvalue weighted by Gasteiger charge is 2.13. The van der Waals surface area contributed by atoms with E-state index in [-0.39, 0.29) is 0 Å². The third kappa shape index (κ3) is 2.87. The molecule has 0 unspecified atom stereocenters. The maximum Gasteiger partial charge on any atom is 0.0798 e. The normalized spacial score (nSPS) is 10.7. The van der Waals surface area contributed by atoms with Gasteiger partial charge in [-0.2, -0.15) is 0 Å². The first kappa shape index (κ1) is 13.8. The Kier molecular flexibility index (Phi) is 4.65. The molecular formula is C13H14BrClN2S. The molecule has 96 valence electrons. The molecule has 0 atom stereocenters. The smallest absolute Gasteiger partial charge is 0.0798 e. The number of alkyl halides is 1. The third-order valence-corrected chi connectivity index (χ3v) is 4.65. The van der Waals surface area contributed by atoms with E-state index < -0.39 is 0 Å². The molecule has 0 aliphatic heterocycles. The molecule has 0 amide bonds. The summed E-state index contributed by atoms with van der Waals surface area (Å²) < 4.78 is 0. The second-order valence-corrected chi connectivity index (χ2v) is 6.01. The minimum absolute atomic E-state index is 0.789. The van der Waals surface area contributed by atoms with Crippen LogP contribution in [0.1, 0.15) is 16.1 Å². The van der Waals surface area contributed by atoms with Crippen molar-refractivity contribution in [2.24, 2.45) is 0 Å². The lowest BCUT2D eigenvalue weighted by molar-refractivity contribution is 0.920. The average molecular weight is 346 g/mol. The Bertz CT molecular complexity index is 542. The van der Waals surface area contributed by atoms with E-state index in [0.29, 0.717) is 0 Å². The van der Waals surface area contributed by atoms with E-state index in [4.69, 9.17) is 11.6 Å². The van der Waals surface area contributed by atoms with Crippen LogP contribution in [0, 0.1) is 6.92 Å². The van der Waals surface area contributed by atoms with Crippen molar-refractivity contribution in [2.45, 2.75) is 18.8 Å². The highest BCUT2D eigenvalue weighted by Crippen LogP contribution is 2.32. The van der Waals surface area contributed by atoms with E-state index >= 15 is 0 Å². The molecule has 2 rings (SSSR count). The van der Waals surface area contributed by atoms with Gasteiger partial charge in [0, 0.05) is 17.3 Å². The van der Waals surface area contributed by atoms with Crippen LogP contribution in [0.15, 0.2) is 23.7 Å². The first-order valence-electron chi connectivity index (χ1n) is 5.57. The first-order valence-corrected chi connectivity index (χ1v) is 7.95. The zero-order valence-corrected chi connectivity index (χ0v) is 13.4.